The highest BCUT2D eigenvalue weighted by Gasteiger charge is 2.20. The monoisotopic (exact) mass is 282 g/mol. The second kappa shape index (κ2) is 6.65. The van der Waals surface area contributed by atoms with Gasteiger partial charge in [0.2, 0.25) is 0 Å². The average molecular weight is 283 g/mol. The molecule has 0 fully saturated rings. The number of rotatable bonds is 5. The number of nitrogens with one attached hydrogen (secondary N) is 1. The van der Waals surface area contributed by atoms with Gasteiger partial charge in [-0.15, -0.1) is 12.4 Å². The van der Waals surface area contributed by atoms with Crippen molar-refractivity contribution in [3.8, 4) is 5.75 Å². The zero-order chi connectivity index (χ0) is 12.2. The Labute approximate surface area is 106 Å². The highest BCUT2D eigenvalue weighted by atomic mass is 35.5. The molecule has 6 nitrogen and oxygen atoms in total. The molecule has 0 spiro atoms. The normalized spacial score (nSPS) is 12.4. The number of hydrogen-bond acceptors (Lipinski definition) is 5. The van der Waals surface area contributed by atoms with Crippen LogP contribution < -0.4 is 15.8 Å². The van der Waals surface area contributed by atoms with Gasteiger partial charge in [-0.05, 0) is 12.1 Å². The zero-order valence-corrected chi connectivity index (χ0v) is 10.8. The molecule has 0 saturated carbocycles. The van der Waals surface area contributed by atoms with Gasteiger partial charge in [-0.1, -0.05) is 6.07 Å². The van der Waals surface area contributed by atoms with E-state index in [-0.39, 0.29) is 19.0 Å². The van der Waals surface area contributed by atoms with Crippen LogP contribution in [-0.2, 0) is 10.1 Å². The van der Waals surface area contributed by atoms with Crippen molar-refractivity contribution in [1.29, 1.82) is 0 Å². The Morgan fingerprint density at radius 3 is 2.65 bits per heavy atom. The Hall–Kier alpha value is -1.02. The van der Waals surface area contributed by atoms with Gasteiger partial charge in [0, 0.05) is 18.3 Å². The first-order valence-electron chi connectivity index (χ1n) is 4.54. The minimum Gasteiger partial charge on any atom is -0.497 e. The van der Waals surface area contributed by atoms with Gasteiger partial charge in [0.25, 0.3) is 10.1 Å². The standard InChI is InChI=1S/C9H14N2O4S.ClH/c1-15-8-4-2-3-7(5-8)11-9(6-10)16(12,13)14;/h2-5,9,11H,6,10H2,1H3,(H,12,13,14);1H. The summed E-state index contributed by atoms with van der Waals surface area (Å²) in [6.45, 7) is -0.226. The van der Waals surface area contributed by atoms with Gasteiger partial charge in [0.05, 0.1) is 7.11 Å². The molecule has 1 aromatic rings. The molecule has 8 heteroatoms. The lowest BCUT2D eigenvalue weighted by molar-refractivity contribution is 0.415. The van der Waals surface area contributed by atoms with E-state index in [9.17, 15) is 8.42 Å². The lowest BCUT2D eigenvalue weighted by Crippen LogP contribution is -2.36. The summed E-state index contributed by atoms with van der Waals surface area (Å²) in [4.78, 5) is 0. The van der Waals surface area contributed by atoms with E-state index < -0.39 is 15.5 Å². The second-order valence-corrected chi connectivity index (χ2v) is 4.71. The zero-order valence-electron chi connectivity index (χ0n) is 9.16. The van der Waals surface area contributed by atoms with Crippen LogP contribution in [0, 0.1) is 0 Å². The number of ether oxygens (including phenoxy) is 1. The quantitative estimate of drug-likeness (QED) is 0.687. The molecular weight excluding hydrogens is 268 g/mol. The van der Waals surface area contributed by atoms with Gasteiger partial charge < -0.3 is 15.8 Å². The summed E-state index contributed by atoms with van der Waals surface area (Å²) in [5.41, 5.74) is 5.75. The van der Waals surface area contributed by atoms with Crippen molar-refractivity contribution in [3.63, 3.8) is 0 Å². The molecule has 0 aliphatic heterocycles. The largest absolute Gasteiger partial charge is 0.497 e. The second-order valence-electron chi connectivity index (χ2n) is 3.12. The molecule has 98 valence electrons. The molecule has 0 aliphatic rings. The van der Waals surface area contributed by atoms with Gasteiger partial charge >= 0.3 is 0 Å². The fourth-order valence-electron chi connectivity index (χ4n) is 1.15. The summed E-state index contributed by atoms with van der Waals surface area (Å²) >= 11 is 0. The first-order chi connectivity index (χ1) is 7.47. The summed E-state index contributed by atoms with van der Waals surface area (Å²) in [5, 5.41) is 1.38. The van der Waals surface area contributed by atoms with Crippen LogP contribution in [0.4, 0.5) is 5.69 Å². The van der Waals surface area contributed by atoms with Crippen LogP contribution in [0.1, 0.15) is 0 Å². The lowest BCUT2D eigenvalue weighted by atomic mass is 10.3. The van der Waals surface area contributed by atoms with E-state index in [0.29, 0.717) is 11.4 Å². The predicted octanol–water partition coefficient (Wildman–Crippen LogP) is 0.702. The van der Waals surface area contributed by atoms with Crippen molar-refractivity contribution < 1.29 is 17.7 Å². The van der Waals surface area contributed by atoms with Gasteiger partial charge in [-0.25, -0.2) is 0 Å². The van der Waals surface area contributed by atoms with E-state index in [1.54, 1.807) is 24.3 Å². The van der Waals surface area contributed by atoms with Crippen molar-refractivity contribution in [2.24, 2.45) is 5.73 Å². The van der Waals surface area contributed by atoms with Crippen molar-refractivity contribution in [3.05, 3.63) is 24.3 Å². The number of benzene rings is 1. The minimum atomic E-state index is -4.21. The van der Waals surface area contributed by atoms with Crippen LogP contribution >= 0.6 is 12.4 Å². The SMILES string of the molecule is COc1cccc(NC(CN)S(=O)(=O)O)c1.Cl. The third kappa shape index (κ3) is 4.78. The molecule has 0 aliphatic carbocycles. The van der Waals surface area contributed by atoms with Crippen molar-refractivity contribution in [2.75, 3.05) is 19.0 Å². The smallest absolute Gasteiger partial charge is 0.287 e. The molecule has 0 amide bonds. The topological polar surface area (TPSA) is 102 Å². The molecule has 0 radical (unpaired) electrons. The van der Waals surface area contributed by atoms with Gasteiger partial charge in [-0.2, -0.15) is 8.42 Å². The molecule has 1 unspecified atom stereocenters. The Balaban J connectivity index is 0.00000256. The molecule has 0 heterocycles. The summed E-state index contributed by atoms with van der Waals surface area (Å²) in [7, 11) is -2.71. The molecule has 1 atom stereocenters. The van der Waals surface area contributed by atoms with E-state index in [1.165, 1.54) is 7.11 Å². The number of anilines is 1. The average Bonchev–Trinajstić information content (AvgIpc) is 2.24. The molecule has 1 aromatic carbocycles. The van der Waals surface area contributed by atoms with Crippen LogP contribution in [0.5, 0.6) is 5.75 Å². The van der Waals surface area contributed by atoms with Gasteiger partial charge in [-0.3, -0.25) is 4.55 Å². The number of methoxy groups -OCH3 is 1. The van der Waals surface area contributed by atoms with E-state index in [0.717, 1.165) is 0 Å². The van der Waals surface area contributed by atoms with Crippen LogP contribution in [0.3, 0.4) is 0 Å². The molecule has 4 N–H and O–H groups in total. The molecular formula is C9H15ClN2O4S. The minimum absolute atomic E-state index is 0. The highest BCUT2D eigenvalue weighted by Crippen LogP contribution is 2.18. The molecule has 0 bridgehead atoms. The first kappa shape index (κ1) is 16.0. The van der Waals surface area contributed by atoms with E-state index >= 15 is 0 Å². The summed E-state index contributed by atoms with van der Waals surface area (Å²) < 4.78 is 35.6. The molecule has 17 heavy (non-hydrogen) atoms. The van der Waals surface area contributed by atoms with Crippen LogP contribution in [0.2, 0.25) is 0 Å². The first-order valence-corrected chi connectivity index (χ1v) is 6.04. The van der Waals surface area contributed by atoms with Crippen molar-refractivity contribution in [2.45, 2.75) is 5.37 Å². The highest BCUT2D eigenvalue weighted by molar-refractivity contribution is 7.86. The fraction of sp³-hybridized carbons (Fsp3) is 0.333. The third-order valence-electron chi connectivity index (χ3n) is 1.97. The van der Waals surface area contributed by atoms with E-state index in [2.05, 4.69) is 5.32 Å². The predicted molar refractivity (Wildman–Crippen MR) is 68.3 cm³/mol. The summed E-state index contributed by atoms with van der Waals surface area (Å²) in [5.74, 6) is 0.580. The third-order valence-corrected chi connectivity index (χ3v) is 3.00. The van der Waals surface area contributed by atoms with Crippen LogP contribution in [-0.4, -0.2) is 32.0 Å². The maximum Gasteiger partial charge on any atom is 0.287 e. The van der Waals surface area contributed by atoms with Crippen molar-refractivity contribution in [1.82, 2.24) is 0 Å². The maximum atomic E-state index is 10.9. The fourth-order valence-corrected chi connectivity index (χ4v) is 1.68. The molecule has 0 saturated heterocycles. The lowest BCUT2D eigenvalue weighted by Gasteiger charge is -2.15. The van der Waals surface area contributed by atoms with E-state index in [4.69, 9.17) is 15.0 Å². The number of nitrogens with two attached hydrogens (primary N) is 1. The number of halogens is 1. The Bertz CT molecular complexity index is 452. The maximum absolute atomic E-state index is 10.9. The Morgan fingerprint density at radius 2 is 2.18 bits per heavy atom. The van der Waals surface area contributed by atoms with Gasteiger partial charge in [0.1, 0.15) is 5.75 Å². The molecule has 1 rings (SSSR count). The van der Waals surface area contributed by atoms with Crippen molar-refractivity contribution >= 4 is 28.2 Å². The Kier molecular flexibility index (Phi) is 6.25. The van der Waals surface area contributed by atoms with Crippen LogP contribution in [0.15, 0.2) is 24.3 Å². The van der Waals surface area contributed by atoms with Gasteiger partial charge in [0.15, 0.2) is 5.37 Å². The number of hydrogen-bond donors (Lipinski definition) is 3. The summed E-state index contributed by atoms with van der Waals surface area (Å²) in [6, 6.07) is 6.67. The molecule has 0 aromatic heterocycles. The van der Waals surface area contributed by atoms with Crippen LogP contribution in [0.25, 0.3) is 0 Å². The van der Waals surface area contributed by atoms with E-state index in [1.807, 2.05) is 0 Å². The Morgan fingerprint density at radius 1 is 1.53 bits per heavy atom. The summed E-state index contributed by atoms with van der Waals surface area (Å²) in [6.07, 6.45) is 0.